The van der Waals surface area contributed by atoms with E-state index in [0.717, 1.165) is 6.07 Å². The van der Waals surface area contributed by atoms with E-state index in [1.807, 2.05) is 0 Å². The van der Waals surface area contributed by atoms with Gasteiger partial charge in [0.05, 0.1) is 5.69 Å². The fourth-order valence-electron chi connectivity index (χ4n) is 1.12. The number of hydrogen-bond donors (Lipinski definition) is 3. The summed E-state index contributed by atoms with van der Waals surface area (Å²) < 4.78 is 26.7. The summed E-state index contributed by atoms with van der Waals surface area (Å²) >= 11 is 0. The Balaban J connectivity index is 3.10. The predicted molar refractivity (Wildman–Crippen MR) is 61.1 cm³/mol. The summed E-state index contributed by atoms with van der Waals surface area (Å²) in [4.78, 5) is 0. The molecule has 0 aromatic heterocycles. The maximum absolute atomic E-state index is 13.4. The first-order valence-electron chi connectivity index (χ1n) is 4.62. The largest absolute Gasteiger partial charge is 0.404 e. The van der Waals surface area contributed by atoms with E-state index in [1.54, 1.807) is 0 Å². The molecule has 0 spiro atoms. The summed E-state index contributed by atoms with van der Waals surface area (Å²) in [5.41, 5.74) is 16.2. The number of rotatable bonds is 3. The Labute approximate surface area is 92.2 Å². The van der Waals surface area contributed by atoms with Crippen LogP contribution in [0.4, 0.5) is 14.5 Å². The van der Waals surface area contributed by atoms with Gasteiger partial charge < -0.3 is 17.2 Å². The minimum Gasteiger partial charge on any atom is -0.404 e. The number of nitrogens with two attached hydrogens (primary N) is 3. The lowest BCUT2D eigenvalue weighted by atomic mass is 10.1. The second kappa shape index (κ2) is 5.27. The quantitative estimate of drug-likeness (QED) is 0.537. The van der Waals surface area contributed by atoms with Gasteiger partial charge in [0, 0.05) is 12.1 Å². The number of halogens is 2. The summed E-state index contributed by atoms with van der Waals surface area (Å²) in [6, 6.07) is 2.27. The zero-order valence-electron chi connectivity index (χ0n) is 8.58. The SMILES string of the molecule is N/C=C(/C=Cc1c(F)ccc(N)c1F)CN. The van der Waals surface area contributed by atoms with E-state index in [0.29, 0.717) is 5.57 Å². The lowest BCUT2D eigenvalue weighted by molar-refractivity contribution is 0.582. The molecule has 3 nitrogen and oxygen atoms in total. The van der Waals surface area contributed by atoms with E-state index in [-0.39, 0.29) is 17.8 Å². The number of nitrogen functional groups attached to an aromatic ring is 1. The van der Waals surface area contributed by atoms with Gasteiger partial charge in [-0.25, -0.2) is 8.78 Å². The molecule has 0 saturated carbocycles. The van der Waals surface area contributed by atoms with Crippen LogP contribution < -0.4 is 17.2 Å². The van der Waals surface area contributed by atoms with Crippen molar-refractivity contribution in [2.75, 3.05) is 12.3 Å². The number of anilines is 1. The Morgan fingerprint density at radius 2 is 2.00 bits per heavy atom. The molecule has 0 saturated heterocycles. The van der Waals surface area contributed by atoms with E-state index in [1.165, 1.54) is 24.4 Å². The highest BCUT2D eigenvalue weighted by Crippen LogP contribution is 2.20. The van der Waals surface area contributed by atoms with Gasteiger partial charge in [0.2, 0.25) is 0 Å². The van der Waals surface area contributed by atoms with Crippen LogP contribution in [0.1, 0.15) is 5.56 Å². The van der Waals surface area contributed by atoms with Crippen LogP contribution in [0.2, 0.25) is 0 Å². The Morgan fingerprint density at radius 3 is 2.56 bits per heavy atom. The average Bonchev–Trinajstić information content (AvgIpc) is 2.29. The first-order chi connectivity index (χ1) is 7.60. The molecule has 6 N–H and O–H groups in total. The summed E-state index contributed by atoms with van der Waals surface area (Å²) in [6.45, 7) is 0.193. The monoisotopic (exact) mass is 225 g/mol. The van der Waals surface area contributed by atoms with Crippen LogP contribution in [0.5, 0.6) is 0 Å². The van der Waals surface area contributed by atoms with Crippen molar-refractivity contribution in [3.63, 3.8) is 0 Å². The maximum Gasteiger partial charge on any atom is 0.156 e. The third kappa shape index (κ3) is 2.58. The van der Waals surface area contributed by atoms with Crippen LogP contribution in [0.15, 0.2) is 30.0 Å². The summed E-state index contributed by atoms with van der Waals surface area (Å²) in [6.07, 6.45) is 3.98. The summed E-state index contributed by atoms with van der Waals surface area (Å²) in [5.74, 6) is -1.47. The van der Waals surface area contributed by atoms with Gasteiger partial charge in [0.1, 0.15) is 5.82 Å². The Kier molecular flexibility index (Phi) is 4.02. The number of benzene rings is 1. The molecule has 16 heavy (non-hydrogen) atoms. The van der Waals surface area contributed by atoms with Crippen molar-refractivity contribution >= 4 is 11.8 Å². The predicted octanol–water partition coefficient (Wildman–Crippen LogP) is 1.36. The van der Waals surface area contributed by atoms with E-state index in [4.69, 9.17) is 17.2 Å². The van der Waals surface area contributed by atoms with Gasteiger partial charge in [0.25, 0.3) is 0 Å². The zero-order valence-corrected chi connectivity index (χ0v) is 8.58. The van der Waals surface area contributed by atoms with Crippen molar-refractivity contribution in [2.45, 2.75) is 0 Å². The first kappa shape index (κ1) is 12.2. The molecular formula is C11H13F2N3. The highest BCUT2D eigenvalue weighted by molar-refractivity contribution is 5.59. The fourth-order valence-corrected chi connectivity index (χ4v) is 1.12. The normalized spacial score (nSPS) is 12.3. The van der Waals surface area contributed by atoms with Crippen LogP contribution in [0, 0.1) is 11.6 Å². The molecule has 0 heterocycles. The van der Waals surface area contributed by atoms with Gasteiger partial charge >= 0.3 is 0 Å². The van der Waals surface area contributed by atoms with Gasteiger partial charge in [0.15, 0.2) is 5.82 Å². The molecule has 0 aliphatic carbocycles. The van der Waals surface area contributed by atoms with Gasteiger partial charge in [-0.15, -0.1) is 0 Å². The smallest absolute Gasteiger partial charge is 0.156 e. The van der Waals surface area contributed by atoms with Crippen LogP contribution in [0.3, 0.4) is 0 Å². The average molecular weight is 225 g/mol. The minimum atomic E-state index is -0.787. The van der Waals surface area contributed by atoms with Crippen molar-refractivity contribution in [1.29, 1.82) is 0 Å². The fraction of sp³-hybridized carbons (Fsp3) is 0.0909. The second-order valence-electron chi connectivity index (χ2n) is 3.14. The van der Waals surface area contributed by atoms with Gasteiger partial charge in [-0.2, -0.15) is 0 Å². The molecule has 0 bridgehead atoms. The molecule has 0 aliphatic rings. The molecule has 0 fully saturated rings. The van der Waals surface area contributed by atoms with Gasteiger partial charge in [-0.05, 0) is 30.0 Å². The van der Waals surface area contributed by atoms with Gasteiger partial charge in [-0.3, -0.25) is 0 Å². The molecule has 1 aromatic carbocycles. The molecule has 0 atom stereocenters. The molecule has 0 radical (unpaired) electrons. The molecule has 0 amide bonds. The van der Waals surface area contributed by atoms with E-state index >= 15 is 0 Å². The maximum atomic E-state index is 13.4. The highest BCUT2D eigenvalue weighted by Gasteiger charge is 2.08. The van der Waals surface area contributed by atoms with Crippen LogP contribution in [-0.2, 0) is 0 Å². The summed E-state index contributed by atoms with van der Waals surface area (Å²) in [7, 11) is 0. The third-order valence-corrected chi connectivity index (χ3v) is 2.07. The van der Waals surface area contributed by atoms with Crippen LogP contribution >= 0.6 is 0 Å². The van der Waals surface area contributed by atoms with Crippen molar-refractivity contribution < 1.29 is 8.78 Å². The minimum absolute atomic E-state index is 0.105. The first-order valence-corrected chi connectivity index (χ1v) is 4.62. The van der Waals surface area contributed by atoms with Crippen LogP contribution in [0.25, 0.3) is 6.08 Å². The van der Waals surface area contributed by atoms with E-state index in [2.05, 4.69) is 0 Å². The Hall–Kier alpha value is -1.88. The molecule has 1 rings (SSSR count). The van der Waals surface area contributed by atoms with Crippen molar-refractivity contribution in [2.24, 2.45) is 11.5 Å². The van der Waals surface area contributed by atoms with Crippen molar-refractivity contribution in [3.8, 4) is 0 Å². The van der Waals surface area contributed by atoms with E-state index < -0.39 is 11.6 Å². The van der Waals surface area contributed by atoms with Crippen molar-refractivity contribution in [3.05, 3.63) is 47.2 Å². The highest BCUT2D eigenvalue weighted by atomic mass is 19.1. The Morgan fingerprint density at radius 1 is 1.31 bits per heavy atom. The molecule has 0 aliphatic heterocycles. The standard InChI is InChI=1S/C11H13F2N3/c12-9-3-4-10(16)11(13)8(9)2-1-7(5-14)6-15/h1-5H,6,14-16H2/b2-1?,7-5-. The molecule has 1 aromatic rings. The molecule has 86 valence electrons. The second-order valence-corrected chi connectivity index (χ2v) is 3.14. The third-order valence-electron chi connectivity index (χ3n) is 2.07. The zero-order chi connectivity index (χ0) is 12.1. The molecule has 0 unspecified atom stereocenters. The molecular weight excluding hydrogens is 212 g/mol. The van der Waals surface area contributed by atoms with E-state index in [9.17, 15) is 8.78 Å². The van der Waals surface area contributed by atoms with Gasteiger partial charge in [-0.1, -0.05) is 6.08 Å². The van der Waals surface area contributed by atoms with Crippen LogP contribution in [-0.4, -0.2) is 6.54 Å². The van der Waals surface area contributed by atoms with Crippen molar-refractivity contribution in [1.82, 2.24) is 0 Å². The lowest BCUT2D eigenvalue weighted by Crippen LogP contribution is -2.03. The topological polar surface area (TPSA) is 78.1 Å². The number of hydrogen-bond acceptors (Lipinski definition) is 3. The lowest BCUT2D eigenvalue weighted by Gasteiger charge is -2.02. The Bertz CT molecular complexity index is 439. The molecule has 5 heteroatoms. The summed E-state index contributed by atoms with van der Waals surface area (Å²) in [5, 5.41) is 0.